The highest BCUT2D eigenvalue weighted by molar-refractivity contribution is 5.86. The summed E-state index contributed by atoms with van der Waals surface area (Å²) in [6, 6.07) is 23.9. The first-order valence-corrected chi connectivity index (χ1v) is 17.6. The molecule has 4 aromatic rings. The molecule has 13 heteroatoms. The molecule has 3 amide bonds. The topological polar surface area (TPSA) is 187 Å². The molecule has 13 nitrogen and oxygen atoms in total. The molecule has 0 unspecified atom stereocenters. The highest BCUT2D eigenvalue weighted by Gasteiger charge is 2.30. The summed E-state index contributed by atoms with van der Waals surface area (Å²) >= 11 is 0. The van der Waals surface area contributed by atoms with Gasteiger partial charge in [-0.2, -0.15) is 0 Å². The highest BCUT2D eigenvalue weighted by Crippen LogP contribution is 2.14. The Bertz CT molecular complexity index is 1680. The standard InChI is InChI=1S/C39H52N6O7/c1-25(2)35(45-37(49)51-24-34-41-28-18-12-13-19-29(28)42-34)36(48)43-30(20-26-14-8-6-9-15-26)32(46)22-40-23-33(47)31(21-27-16-10-7-11-17-27)44-38(50)52-39(3,4)5/h6-19,25,30-33,35,40,46-47H,20-24H2,1-5H3,(H,41,42)(H,43,48)(H,44,50)(H,45,49)/t30-,31-,32+,33+,35-/m0/s1. The maximum atomic E-state index is 13.6. The zero-order chi connectivity index (χ0) is 37.7. The molecular weight excluding hydrogens is 664 g/mol. The Balaban J connectivity index is 1.37. The monoisotopic (exact) mass is 716 g/mol. The molecule has 0 aliphatic rings. The third-order valence-electron chi connectivity index (χ3n) is 8.26. The number of carbonyl (C=O) groups is 3. The van der Waals surface area contributed by atoms with Crippen LogP contribution in [0.4, 0.5) is 9.59 Å². The summed E-state index contributed by atoms with van der Waals surface area (Å²) in [5, 5.41) is 34.0. The van der Waals surface area contributed by atoms with Crippen LogP contribution in [0, 0.1) is 5.92 Å². The van der Waals surface area contributed by atoms with Gasteiger partial charge in [0.15, 0.2) is 6.61 Å². The van der Waals surface area contributed by atoms with Gasteiger partial charge in [0.1, 0.15) is 17.5 Å². The molecule has 7 N–H and O–H groups in total. The lowest BCUT2D eigenvalue weighted by atomic mass is 9.98. The van der Waals surface area contributed by atoms with Crippen LogP contribution in [0.5, 0.6) is 0 Å². The van der Waals surface area contributed by atoms with E-state index in [1.54, 1.807) is 34.6 Å². The molecule has 4 rings (SSSR count). The molecule has 0 radical (unpaired) electrons. The van der Waals surface area contributed by atoms with Crippen molar-refractivity contribution in [2.45, 2.75) is 90.0 Å². The van der Waals surface area contributed by atoms with E-state index in [1.807, 2.05) is 84.9 Å². The number of hydrogen-bond acceptors (Lipinski definition) is 9. The molecule has 1 heterocycles. The Hall–Kier alpha value is -4.98. The average molecular weight is 717 g/mol. The first-order chi connectivity index (χ1) is 24.8. The SMILES string of the molecule is CC(C)[C@H](NC(=O)OCc1nc2ccccc2[nH]1)C(=O)N[C@@H](Cc1ccccc1)[C@H](O)CNC[C@@H](O)[C@H](Cc1ccccc1)NC(=O)OC(C)(C)C. The van der Waals surface area contributed by atoms with Crippen LogP contribution in [0.2, 0.25) is 0 Å². The van der Waals surface area contributed by atoms with Crippen molar-refractivity contribution in [3.05, 3.63) is 102 Å². The number of para-hydroxylation sites is 2. The van der Waals surface area contributed by atoms with Gasteiger partial charge in [0.25, 0.3) is 0 Å². The Morgan fingerprint density at radius 2 is 1.29 bits per heavy atom. The molecule has 0 aliphatic heterocycles. The van der Waals surface area contributed by atoms with E-state index >= 15 is 0 Å². The Kier molecular flexibility index (Phi) is 14.6. The molecule has 3 aromatic carbocycles. The molecule has 0 fully saturated rings. The minimum Gasteiger partial charge on any atom is -0.444 e. The van der Waals surface area contributed by atoms with Gasteiger partial charge in [-0.3, -0.25) is 4.79 Å². The number of H-pyrrole nitrogens is 1. The molecule has 5 atom stereocenters. The van der Waals surface area contributed by atoms with E-state index in [1.165, 1.54) is 0 Å². The number of alkyl carbamates (subject to hydrolysis) is 2. The summed E-state index contributed by atoms with van der Waals surface area (Å²) in [4.78, 5) is 46.6. The molecule has 0 saturated carbocycles. The highest BCUT2D eigenvalue weighted by atomic mass is 16.6. The van der Waals surface area contributed by atoms with Gasteiger partial charge in [-0.25, -0.2) is 14.6 Å². The van der Waals surface area contributed by atoms with Crippen molar-refractivity contribution in [2.75, 3.05) is 13.1 Å². The predicted octanol–water partition coefficient (Wildman–Crippen LogP) is 3.99. The third kappa shape index (κ3) is 13.0. The Morgan fingerprint density at radius 1 is 0.750 bits per heavy atom. The quantitative estimate of drug-likeness (QED) is 0.0849. The number of aromatic amines is 1. The van der Waals surface area contributed by atoms with Crippen LogP contribution >= 0.6 is 0 Å². The maximum absolute atomic E-state index is 13.6. The van der Waals surface area contributed by atoms with Crippen LogP contribution < -0.4 is 21.3 Å². The number of carbonyl (C=O) groups excluding carboxylic acids is 3. The van der Waals surface area contributed by atoms with E-state index < -0.39 is 54.0 Å². The maximum Gasteiger partial charge on any atom is 0.408 e. The van der Waals surface area contributed by atoms with E-state index in [4.69, 9.17) is 9.47 Å². The fraction of sp³-hybridized carbons (Fsp3) is 0.436. The second-order valence-corrected chi connectivity index (χ2v) is 14.2. The average Bonchev–Trinajstić information content (AvgIpc) is 3.52. The van der Waals surface area contributed by atoms with Crippen LogP contribution in [-0.4, -0.2) is 87.3 Å². The number of aliphatic hydroxyl groups excluding tert-OH is 2. The number of ether oxygens (including phenoxy) is 2. The molecular formula is C39H52N6O7. The van der Waals surface area contributed by atoms with E-state index in [0.717, 1.165) is 22.2 Å². The van der Waals surface area contributed by atoms with Crippen molar-refractivity contribution in [1.82, 2.24) is 31.2 Å². The van der Waals surface area contributed by atoms with E-state index in [0.29, 0.717) is 18.7 Å². The molecule has 0 bridgehead atoms. The van der Waals surface area contributed by atoms with Crippen molar-refractivity contribution in [3.8, 4) is 0 Å². The Labute approximate surface area is 304 Å². The fourth-order valence-corrected chi connectivity index (χ4v) is 5.61. The summed E-state index contributed by atoms with van der Waals surface area (Å²) < 4.78 is 10.8. The molecule has 1 aromatic heterocycles. The minimum atomic E-state index is -1.09. The molecule has 0 saturated heterocycles. The molecule has 0 spiro atoms. The second-order valence-electron chi connectivity index (χ2n) is 14.2. The number of aromatic nitrogens is 2. The van der Waals surface area contributed by atoms with Crippen molar-refractivity contribution < 1.29 is 34.1 Å². The second kappa shape index (κ2) is 19.0. The van der Waals surface area contributed by atoms with Gasteiger partial charge in [-0.15, -0.1) is 0 Å². The van der Waals surface area contributed by atoms with Gasteiger partial charge in [-0.1, -0.05) is 86.6 Å². The van der Waals surface area contributed by atoms with Crippen LogP contribution in [0.15, 0.2) is 84.9 Å². The number of fused-ring (bicyclic) bond motifs is 1. The zero-order valence-electron chi connectivity index (χ0n) is 30.5. The predicted molar refractivity (Wildman–Crippen MR) is 198 cm³/mol. The molecule has 280 valence electrons. The summed E-state index contributed by atoms with van der Waals surface area (Å²) in [6.07, 6.45) is -2.91. The van der Waals surface area contributed by atoms with Crippen LogP contribution in [-0.2, 0) is 33.7 Å². The first-order valence-electron chi connectivity index (χ1n) is 17.6. The van der Waals surface area contributed by atoms with Gasteiger partial charge in [-0.05, 0) is 62.8 Å². The van der Waals surface area contributed by atoms with Crippen molar-refractivity contribution >= 4 is 29.1 Å². The lowest BCUT2D eigenvalue weighted by molar-refractivity contribution is -0.125. The van der Waals surface area contributed by atoms with E-state index in [2.05, 4.69) is 31.2 Å². The van der Waals surface area contributed by atoms with Crippen LogP contribution in [0.3, 0.4) is 0 Å². The zero-order valence-corrected chi connectivity index (χ0v) is 30.5. The third-order valence-corrected chi connectivity index (χ3v) is 8.26. The molecule has 52 heavy (non-hydrogen) atoms. The summed E-state index contributed by atoms with van der Waals surface area (Å²) in [7, 11) is 0. The van der Waals surface area contributed by atoms with Crippen LogP contribution in [0.1, 0.15) is 51.6 Å². The number of aliphatic hydroxyl groups is 2. The van der Waals surface area contributed by atoms with E-state index in [-0.39, 0.29) is 25.6 Å². The van der Waals surface area contributed by atoms with Crippen LogP contribution in [0.25, 0.3) is 11.0 Å². The number of amides is 3. The smallest absolute Gasteiger partial charge is 0.408 e. The fourth-order valence-electron chi connectivity index (χ4n) is 5.61. The number of hydrogen-bond donors (Lipinski definition) is 7. The summed E-state index contributed by atoms with van der Waals surface area (Å²) in [6.45, 7) is 8.81. The number of imidazole rings is 1. The minimum absolute atomic E-state index is 0.0126. The largest absolute Gasteiger partial charge is 0.444 e. The number of nitrogens with zero attached hydrogens (tertiary/aromatic N) is 1. The number of rotatable bonds is 17. The van der Waals surface area contributed by atoms with Gasteiger partial charge in [0.2, 0.25) is 5.91 Å². The summed E-state index contributed by atoms with van der Waals surface area (Å²) in [5.74, 6) is -0.321. The first kappa shape index (κ1) is 39.8. The summed E-state index contributed by atoms with van der Waals surface area (Å²) in [5.41, 5.74) is 2.65. The van der Waals surface area contributed by atoms with Crippen molar-refractivity contribution in [2.24, 2.45) is 5.92 Å². The number of benzene rings is 3. The van der Waals surface area contributed by atoms with Crippen molar-refractivity contribution in [1.29, 1.82) is 0 Å². The van der Waals surface area contributed by atoms with E-state index in [9.17, 15) is 24.6 Å². The normalized spacial score (nSPS) is 14.5. The lowest BCUT2D eigenvalue weighted by Crippen LogP contribution is -2.57. The van der Waals surface area contributed by atoms with Gasteiger partial charge in [0, 0.05) is 13.1 Å². The van der Waals surface area contributed by atoms with Crippen molar-refractivity contribution in [3.63, 3.8) is 0 Å². The lowest BCUT2D eigenvalue weighted by Gasteiger charge is -2.30. The van der Waals surface area contributed by atoms with Gasteiger partial charge in [0.05, 0.1) is 35.3 Å². The van der Waals surface area contributed by atoms with Gasteiger partial charge < -0.3 is 45.9 Å². The van der Waals surface area contributed by atoms with Gasteiger partial charge >= 0.3 is 12.2 Å². The Morgan fingerprint density at radius 3 is 1.83 bits per heavy atom. The number of nitrogens with one attached hydrogen (secondary N) is 5. The molecule has 0 aliphatic carbocycles.